The number of hydrogen-bond donors (Lipinski definition) is 1. The van der Waals surface area contributed by atoms with Crippen LogP contribution in [0.15, 0.2) is 10.9 Å². The highest BCUT2D eigenvalue weighted by atomic mass is 16.5. The highest BCUT2D eigenvalue weighted by molar-refractivity contribution is 4.81. The maximum absolute atomic E-state index is 5.56. The second-order valence-electron chi connectivity index (χ2n) is 4.14. The molecule has 0 aliphatic carbocycles. The van der Waals surface area contributed by atoms with Crippen LogP contribution in [0.4, 0.5) is 0 Å². The third-order valence-corrected chi connectivity index (χ3v) is 3.05. The minimum atomic E-state index is 0.785. The zero-order chi connectivity index (χ0) is 10.5. The van der Waals surface area contributed by atoms with Crippen LogP contribution >= 0.6 is 0 Å². The number of hydrogen-bond acceptors (Lipinski definition) is 5. The standard InChI is InChI=1S/C10H18N4O/c11-4-1-9-2-5-14(6-3-9)7-10-12-8-15-13-10/h8-9H,1-7,11H2. The summed E-state index contributed by atoms with van der Waals surface area (Å²) in [7, 11) is 0. The van der Waals surface area contributed by atoms with E-state index in [1.54, 1.807) is 0 Å². The van der Waals surface area contributed by atoms with Crippen molar-refractivity contribution in [2.24, 2.45) is 11.7 Å². The molecule has 0 spiro atoms. The van der Waals surface area contributed by atoms with Crippen molar-refractivity contribution in [2.75, 3.05) is 19.6 Å². The Kier molecular flexibility index (Phi) is 3.69. The van der Waals surface area contributed by atoms with Crippen molar-refractivity contribution in [1.29, 1.82) is 0 Å². The number of aromatic nitrogens is 2. The third-order valence-electron chi connectivity index (χ3n) is 3.05. The second kappa shape index (κ2) is 5.23. The van der Waals surface area contributed by atoms with Gasteiger partial charge in [-0.2, -0.15) is 4.98 Å². The van der Waals surface area contributed by atoms with E-state index in [4.69, 9.17) is 10.3 Å². The summed E-state index contributed by atoms with van der Waals surface area (Å²) in [5, 5.41) is 3.82. The van der Waals surface area contributed by atoms with Crippen LogP contribution < -0.4 is 5.73 Å². The molecule has 1 aromatic rings. The van der Waals surface area contributed by atoms with E-state index in [2.05, 4.69) is 15.0 Å². The molecule has 5 heteroatoms. The molecule has 15 heavy (non-hydrogen) atoms. The number of nitrogens with zero attached hydrogens (tertiary/aromatic N) is 3. The number of nitrogens with two attached hydrogens (primary N) is 1. The van der Waals surface area contributed by atoms with E-state index in [0.717, 1.165) is 44.3 Å². The highest BCUT2D eigenvalue weighted by Gasteiger charge is 2.19. The summed E-state index contributed by atoms with van der Waals surface area (Å²) in [5.74, 6) is 1.60. The normalized spacial score (nSPS) is 19.5. The summed E-state index contributed by atoms with van der Waals surface area (Å²) in [4.78, 5) is 6.40. The monoisotopic (exact) mass is 210 g/mol. The molecule has 0 atom stereocenters. The van der Waals surface area contributed by atoms with Crippen LogP contribution in [0.3, 0.4) is 0 Å². The first-order valence-electron chi connectivity index (χ1n) is 5.56. The first-order valence-corrected chi connectivity index (χ1v) is 5.56. The minimum absolute atomic E-state index is 0.785. The molecule has 0 aromatic carbocycles. The van der Waals surface area contributed by atoms with Crippen LogP contribution in [-0.4, -0.2) is 34.7 Å². The molecule has 0 saturated carbocycles. The topological polar surface area (TPSA) is 68.2 Å². The average molecular weight is 210 g/mol. The molecule has 1 aliphatic heterocycles. The van der Waals surface area contributed by atoms with Gasteiger partial charge in [0.25, 0.3) is 0 Å². The Morgan fingerprint density at radius 1 is 1.47 bits per heavy atom. The molecule has 1 aromatic heterocycles. The maximum Gasteiger partial charge on any atom is 0.213 e. The van der Waals surface area contributed by atoms with Gasteiger partial charge in [0.15, 0.2) is 5.82 Å². The van der Waals surface area contributed by atoms with Gasteiger partial charge in [-0.3, -0.25) is 4.90 Å². The van der Waals surface area contributed by atoms with Gasteiger partial charge >= 0.3 is 0 Å². The van der Waals surface area contributed by atoms with E-state index in [0.29, 0.717) is 0 Å². The summed E-state index contributed by atoms with van der Waals surface area (Å²) < 4.78 is 4.71. The Hall–Kier alpha value is -0.940. The zero-order valence-corrected chi connectivity index (χ0v) is 8.93. The molecule has 5 nitrogen and oxygen atoms in total. The Bertz CT molecular complexity index is 267. The molecule has 1 fully saturated rings. The van der Waals surface area contributed by atoms with Gasteiger partial charge in [-0.1, -0.05) is 5.16 Å². The average Bonchev–Trinajstić information content (AvgIpc) is 2.74. The van der Waals surface area contributed by atoms with Gasteiger partial charge < -0.3 is 10.3 Å². The van der Waals surface area contributed by atoms with Crippen LogP contribution in [0.2, 0.25) is 0 Å². The van der Waals surface area contributed by atoms with Gasteiger partial charge in [-0.15, -0.1) is 0 Å². The summed E-state index contributed by atoms with van der Waals surface area (Å²) in [6.07, 6.45) is 5.04. The van der Waals surface area contributed by atoms with Crippen molar-refractivity contribution in [3.05, 3.63) is 12.2 Å². The Labute approximate surface area is 89.6 Å². The lowest BCUT2D eigenvalue weighted by Gasteiger charge is -2.30. The van der Waals surface area contributed by atoms with Crippen LogP contribution in [0.1, 0.15) is 25.1 Å². The predicted octanol–water partition coefficient (Wildman–Crippen LogP) is 0.630. The predicted molar refractivity (Wildman–Crippen MR) is 56.0 cm³/mol. The van der Waals surface area contributed by atoms with E-state index in [9.17, 15) is 0 Å². The van der Waals surface area contributed by atoms with E-state index >= 15 is 0 Å². The second-order valence-corrected chi connectivity index (χ2v) is 4.14. The molecule has 84 valence electrons. The third kappa shape index (κ3) is 3.00. The smallest absolute Gasteiger partial charge is 0.213 e. The Balaban J connectivity index is 1.74. The fraction of sp³-hybridized carbons (Fsp3) is 0.800. The lowest BCUT2D eigenvalue weighted by atomic mass is 9.94. The quantitative estimate of drug-likeness (QED) is 0.789. The van der Waals surface area contributed by atoms with Crippen molar-refractivity contribution in [3.63, 3.8) is 0 Å². The Morgan fingerprint density at radius 3 is 2.87 bits per heavy atom. The van der Waals surface area contributed by atoms with Crippen molar-refractivity contribution in [1.82, 2.24) is 15.0 Å². The lowest BCUT2D eigenvalue weighted by Crippen LogP contribution is -2.34. The van der Waals surface area contributed by atoms with Crippen molar-refractivity contribution < 1.29 is 4.52 Å². The van der Waals surface area contributed by atoms with Crippen molar-refractivity contribution in [2.45, 2.75) is 25.8 Å². The van der Waals surface area contributed by atoms with E-state index in [1.165, 1.54) is 19.2 Å². The number of likely N-dealkylation sites (tertiary alicyclic amines) is 1. The minimum Gasteiger partial charge on any atom is -0.343 e. The molecule has 1 saturated heterocycles. The first-order chi connectivity index (χ1) is 7.38. The van der Waals surface area contributed by atoms with Gasteiger partial charge in [-0.05, 0) is 44.8 Å². The molecule has 0 amide bonds. The molecule has 2 N–H and O–H groups in total. The molecule has 2 rings (SSSR count). The first kappa shape index (κ1) is 10.6. The SMILES string of the molecule is NCCC1CCN(Cc2ncon2)CC1. The molecule has 0 radical (unpaired) electrons. The van der Waals surface area contributed by atoms with Crippen LogP contribution in [0.5, 0.6) is 0 Å². The summed E-state index contributed by atoms with van der Waals surface area (Å²) in [6.45, 7) is 3.87. The van der Waals surface area contributed by atoms with E-state index in [1.807, 2.05) is 0 Å². The largest absolute Gasteiger partial charge is 0.343 e. The number of rotatable bonds is 4. The highest BCUT2D eigenvalue weighted by Crippen LogP contribution is 2.20. The molecule has 1 aliphatic rings. The van der Waals surface area contributed by atoms with E-state index in [-0.39, 0.29) is 0 Å². The fourth-order valence-corrected chi connectivity index (χ4v) is 2.13. The molecular formula is C10H18N4O. The van der Waals surface area contributed by atoms with Gasteiger partial charge in [0.2, 0.25) is 6.39 Å². The van der Waals surface area contributed by atoms with Gasteiger partial charge in [0, 0.05) is 0 Å². The van der Waals surface area contributed by atoms with Crippen molar-refractivity contribution >= 4 is 0 Å². The van der Waals surface area contributed by atoms with Crippen LogP contribution in [0, 0.1) is 5.92 Å². The molecular weight excluding hydrogens is 192 g/mol. The summed E-state index contributed by atoms with van der Waals surface area (Å²) in [6, 6.07) is 0. The lowest BCUT2D eigenvalue weighted by molar-refractivity contribution is 0.168. The molecule has 2 heterocycles. The van der Waals surface area contributed by atoms with Crippen LogP contribution in [0.25, 0.3) is 0 Å². The van der Waals surface area contributed by atoms with Crippen molar-refractivity contribution in [3.8, 4) is 0 Å². The summed E-state index contributed by atoms with van der Waals surface area (Å²) in [5.41, 5.74) is 5.56. The van der Waals surface area contributed by atoms with Gasteiger partial charge in [0.05, 0.1) is 6.54 Å². The Morgan fingerprint density at radius 2 is 2.27 bits per heavy atom. The van der Waals surface area contributed by atoms with Gasteiger partial charge in [0.1, 0.15) is 0 Å². The summed E-state index contributed by atoms with van der Waals surface area (Å²) >= 11 is 0. The molecule has 0 unspecified atom stereocenters. The molecule has 0 bridgehead atoms. The fourth-order valence-electron chi connectivity index (χ4n) is 2.13. The number of piperidine rings is 1. The zero-order valence-electron chi connectivity index (χ0n) is 8.93. The van der Waals surface area contributed by atoms with Gasteiger partial charge in [-0.25, -0.2) is 0 Å². The maximum atomic E-state index is 5.56. The van der Waals surface area contributed by atoms with E-state index < -0.39 is 0 Å². The van der Waals surface area contributed by atoms with Crippen LogP contribution in [-0.2, 0) is 6.54 Å².